The number of hydrogen-bond acceptors (Lipinski definition) is 3. The number of rotatable bonds is 6. The van der Waals surface area contributed by atoms with E-state index in [0.29, 0.717) is 24.6 Å². The van der Waals surface area contributed by atoms with E-state index in [-0.39, 0.29) is 12.3 Å². The molecular weight excluding hydrogens is 390 g/mol. The second-order valence-electron chi connectivity index (χ2n) is 7.59. The number of para-hydroxylation sites is 1. The fraction of sp³-hybridized carbons (Fsp3) is 0.200. The Bertz CT molecular complexity index is 1070. The topological polar surface area (TPSA) is 84.7 Å². The summed E-state index contributed by atoms with van der Waals surface area (Å²) in [5.74, 6) is 1.31. The molecule has 0 radical (unpaired) electrons. The number of amides is 3. The standard InChI is InChI=1S/C25H25N3O3/c26-25(30)27-23(16-24(29)28-14-13-18-7-4-5-8-20(18)17-28)19-9-6-12-22(15-19)31-21-10-2-1-3-11-21/h1-12,15,23H,13-14,16-17H2,(H3,26,27,30)/t23-/m0/s1. The first-order valence-corrected chi connectivity index (χ1v) is 10.3. The normalized spacial score (nSPS) is 13.7. The Morgan fingerprint density at radius 1 is 0.935 bits per heavy atom. The van der Waals surface area contributed by atoms with E-state index >= 15 is 0 Å². The number of nitrogens with zero attached hydrogens (tertiary/aromatic N) is 1. The second-order valence-corrected chi connectivity index (χ2v) is 7.59. The molecule has 0 saturated carbocycles. The quantitative estimate of drug-likeness (QED) is 0.634. The van der Waals surface area contributed by atoms with Crippen LogP contribution in [0.2, 0.25) is 0 Å². The lowest BCUT2D eigenvalue weighted by atomic mass is 9.98. The van der Waals surface area contributed by atoms with Crippen molar-refractivity contribution >= 4 is 11.9 Å². The van der Waals surface area contributed by atoms with Crippen molar-refractivity contribution in [3.8, 4) is 11.5 Å². The first-order valence-electron chi connectivity index (χ1n) is 10.3. The van der Waals surface area contributed by atoms with Crippen LogP contribution >= 0.6 is 0 Å². The number of fused-ring (bicyclic) bond motifs is 1. The Morgan fingerprint density at radius 2 is 1.65 bits per heavy atom. The Balaban J connectivity index is 1.49. The van der Waals surface area contributed by atoms with Crippen molar-refractivity contribution < 1.29 is 14.3 Å². The third-order valence-corrected chi connectivity index (χ3v) is 5.42. The largest absolute Gasteiger partial charge is 0.457 e. The summed E-state index contributed by atoms with van der Waals surface area (Å²) in [7, 11) is 0. The summed E-state index contributed by atoms with van der Waals surface area (Å²) in [4.78, 5) is 26.5. The van der Waals surface area contributed by atoms with Gasteiger partial charge in [0.25, 0.3) is 0 Å². The first kappa shape index (κ1) is 20.5. The molecule has 3 aromatic rings. The van der Waals surface area contributed by atoms with Crippen LogP contribution in [0.1, 0.15) is 29.2 Å². The number of urea groups is 1. The van der Waals surface area contributed by atoms with E-state index in [0.717, 1.165) is 12.0 Å². The molecule has 1 aliphatic rings. The molecule has 4 rings (SSSR count). The number of carbonyl (C=O) groups is 2. The second kappa shape index (κ2) is 9.34. The predicted octanol–water partition coefficient (Wildman–Crippen LogP) is 4.16. The first-order chi connectivity index (χ1) is 15.1. The van der Waals surface area contributed by atoms with Gasteiger partial charge in [0.05, 0.1) is 12.5 Å². The molecular formula is C25H25N3O3. The highest BCUT2D eigenvalue weighted by atomic mass is 16.5. The molecule has 0 unspecified atom stereocenters. The van der Waals surface area contributed by atoms with E-state index in [1.54, 1.807) is 0 Å². The van der Waals surface area contributed by atoms with Gasteiger partial charge < -0.3 is 20.7 Å². The molecule has 0 aliphatic carbocycles. The number of ether oxygens (including phenoxy) is 1. The fourth-order valence-electron chi connectivity index (χ4n) is 3.86. The van der Waals surface area contributed by atoms with E-state index in [1.807, 2.05) is 71.6 Å². The molecule has 6 nitrogen and oxygen atoms in total. The summed E-state index contributed by atoms with van der Waals surface area (Å²) in [5, 5.41) is 2.71. The molecule has 0 spiro atoms. The molecule has 31 heavy (non-hydrogen) atoms. The lowest BCUT2D eigenvalue weighted by molar-refractivity contribution is -0.132. The third kappa shape index (κ3) is 5.22. The molecule has 3 aromatic carbocycles. The van der Waals surface area contributed by atoms with Crippen LogP contribution in [0, 0.1) is 0 Å². The zero-order valence-electron chi connectivity index (χ0n) is 17.2. The van der Waals surface area contributed by atoms with Crippen LogP contribution in [-0.4, -0.2) is 23.4 Å². The summed E-state index contributed by atoms with van der Waals surface area (Å²) >= 11 is 0. The molecule has 158 valence electrons. The maximum Gasteiger partial charge on any atom is 0.312 e. The van der Waals surface area contributed by atoms with Crippen molar-refractivity contribution in [3.05, 3.63) is 95.6 Å². The minimum absolute atomic E-state index is 0.0253. The molecule has 0 aromatic heterocycles. The van der Waals surface area contributed by atoms with Crippen LogP contribution in [-0.2, 0) is 17.8 Å². The SMILES string of the molecule is NC(=O)N[C@@H](CC(=O)N1CCc2ccccc2C1)c1cccc(Oc2ccccc2)c1. The van der Waals surface area contributed by atoms with Gasteiger partial charge in [-0.05, 0) is 47.4 Å². The summed E-state index contributed by atoms with van der Waals surface area (Å²) in [6, 6.07) is 23.8. The Kier molecular flexibility index (Phi) is 6.17. The van der Waals surface area contributed by atoms with Crippen molar-refractivity contribution in [3.63, 3.8) is 0 Å². The van der Waals surface area contributed by atoms with Crippen LogP contribution in [0.4, 0.5) is 4.79 Å². The highest BCUT2D eigenvalue weighted by molar-refractivity contribution is 5.79. The number of nitrogens with one attached hydrogen (secondary N) is 1. The van der Waals surface area contributed by atoms with Crippen molar-refractivity contribution in [1.82, 2.24) is 10.2 Å². The van der Waals surface area contributed by atoms with Crippen LogP contribution in [0.3, 0.4) is 0 Å². The van der Waals surface area contributed by atoms with Gasteiger partial charge in [-0.2, -0.15) is 0 Å². The summed E-state index contributed by atoms with van der Waals surface area (Å²) < 4.78 is 5.90. The average Bonchev–Trinajstić information content (AvgIpc) is 2.79. The molecule has 3 N–H and O–H groups in total. The molecule has 6 heteroatoms. The van der Waals surface area contributed by atoms with Gasteiger partial charge in [0.15, 0.2) is 0 Å². The van der Waals surface area contributed by atoms with Crippen molar-refractivity contribution in [2.24, 2.45) is 5.73 Å². The highest BCUT2D eigenvalue weighted by Gasteiger charge is 2.25. The van der Waals surface area contributed by atoms with Crippen LogP contribution in [0.15, 0.2) is 78.9 Å². The predicted molar refractivity (Wildman–Crippen MR) is 119 cm³/mol. The van der Waals surface area contributed by atoms with Gasteiger partial charge in [0.1, 0.15) is 11.5 Å². The van der Waals surface area contributed by atoms with Crippen LogP contribution < -0.4 is 15.8 Å². The zero-order chi connectivity index (χ0) is 21.6. The van der Waals surface area contributed by atoms with Gasteiger partial charge in [0.2, 0.25) is 5.91 Å². The minimum atomic E-state index is -0.670. The summed E-state index contributed by atoms with van der Waals surface area (Å²) in [6.45, 7) is 1.24. The lowest BCUT2D eigenvalue weighted by Crippen LogP contribution is -2.40. The van der Waals surface area contributed by atoms with E-state index in [9.17, 15) is 9.59 Å². The number of hydrogen-bond donors (Lipinski definition) is 2. The number of benzene rings is 3. The van der Waals surface area contributed by atoms with Crippen molar-refractivity contribution in [2.75, 3.05) is 6.54 Å². The minimum Gasteiger partial charge on any atom is -0.457 e. The molecule has 0 bridgehead atoms. The lowest BCUT2D eigenvalue weighted by Gasteiger charge is -2.30. The van der Waals surface area contributed by atoms with E-state index in [4.69, 9.17) is 10.5 Å². The molecule has 0 fully saturated rings. The average molecular weight is 415 g/mol. The Labute approximate surface area is 181 Å². The van der Waals surface area contributed by atoms with E-state index in [2.05, 4.69) is 17.4 Å². The van der Waals surface area contributed by atoms with Crippen molar-refractivity contribution in [1.29, 1.82) is 0 Å². The number of carbonyl (C=O) groups excluding carboxylic acids is 2. The number of primary amides is 1. The van der Waals surface area contributed by atoms with Gasteiger partial charge >= 0.3 is 6.03 Å². The smallest absolute Gasteiger partial charge is 0.312 e. The summed E-state index contributed by atoms with van der Waals surface area (Å²) in [6.07, 6.45) is 0.954. The van der Waals surface area contributed by atoms with Gasteiger partial charge in [0, 0.05) is 13.1 Å². The molecule has 3 amide bonds. The van der Waals surface area contributed by atoms with Crippen molar-refractivity contribution in [2.45, 2.75) is 25.4 Å². The van der Waals surface area contributed by atoms with Crippen LogP contribution in [0.25, 0.3) is 0 Å². The zero-order valence-corrected chi connectivity index (χ0v) is 17.2. The van der Waals surface area contributed by atoms with Gasteiger partial charge in [-0.15, -0.1) is 0 Å². The monoisotopic (exact) mass is 415 g/mol. The fourth-order valence-corrected chi connectivity index (χ4v) is 3.86. The van der Waals surface area contributed by atoms with Crippen LogP contribution in [0.5, 0.6) is 11.5 Å². The van der Waals surface area contributed by atoms with Gasteiger partial charge in [-0.25, -0.2) is 4.79 Å². The molecule has 1 aliphatic heterocycles. The third-order valence-electron chi connectivity index (χ3n) is 5.42. The van der Waals surface area contributed by atoms with Gasteiger partial charge in [-0.3, -0.25) is 4.79 Å². The Hall–Kier alpha value is -3.80. The Morgan fingerprint density at radius 3 is 2.42 bits per heavy atom. The molecule has 1 atom stereocenters. The number of nitrogens with two attached hydrogens (primary N) is 1. The van der Waals surface area contributed by atoms with E-state index in [1.165, 1.54) is 11.1 Å². The molecule has 1 heterocycles. The van der Waals surface area contributed by atoms with E-state index < -0.39 is 12.1 Å². The van der Waals surface area contributed by atoms with Gasteiger partial charge in [-0.1, -0.05) is 54.6 Å². The maximum absolute atomic E-state index is 13.1. The molecule has 0 saturated heterocycles. The summed E-state index contributed by atoms with van der Waals surface area (Å²) in [5.41, 5.74) is 8.61. The maximum atomic E-state index is 13.1. The highest BCUT2D eigenvalue weighted by Crippen LogP contribution is 2.27.